The molecule has 0 spiro atoms. The van der Waals surface area contributed by atoms with E-state index in [-0.39, 0.29) is 0 Å². The number of ether oxygens (including phenoxy) is 1. The fraction of sp³-hybridized carbons (Fsp3) is 0.450. The third-order valence-electron chi connectivity index (χ3n) is 4.41. The average molecular weight is 328 g/mol. The summed E-state index contributed by atoms with van der Waals surface area (Å²) in [5.74, 6) is 1.29. The molecule has 4 heteroatoms. The van der Waals surface area contributed by atoms with Gasteiger partial charge in [-0.1, -0.05) is 44.2 Å². The molecular weight excluding hydrogens is 304 g/mol. The van der Waals surface area contributed by atoms with Crippen molar-refractivity contribution in [1.82, 2.24) is 0 Å². The molecule has 1 aromatic carbocycles. The third kappa shape index (κ3) is 3.39. The molecule has 0 saturated heterocycles. The number of carbonyl (C=O) groups is 1. The number of aliphatic hydroxyl groups excluding tert-OH is 1. The van der Waals surface area contributed by atoms with E-state index in [4.69, 9.17) is 9.15 Å². The molecule has 0 bridgehead atoms. The lowest BCUT2D eigenvalue weighted by molar-refractivity contribution is 0.0480. The van der Waals surface area contributed by atoms with Gasteiger partial charge in [0, 0.05) is 17.5 Å². The molecule has 1 N–H and O–H groups in total. The molecule has 1 aromatic heterocycles. The summed E-state index contributed by atoms with van der Waals surface area (Å²) in [6.45, 7) is 4.56. The fourth-order valence-corrected chi connectivity index (χ4v) is 3.08. The molecule has 1 aliphatic carbocycles. The van der Waals surface area contributed by atoms with E-state index in [1.54, 1.807) is 0 Å². The number of hydrogen-bond donors (Lipinski definition) is 1. The molecule has 1 heterocycles. The fourth-order valence-electron chi connectivity index (χ4n) is 3.08. The van der Waals surface area contributed by atoms with Gasteiger partial charge in [0.15, 0.2) is 0 Å². The first-order valence-electron chi connectivity index (χ1n) is 8.64. The van der Waals surface area contributed by atoms with E-state index < -0.39 is 12.1 Å². The smallest absolute Gasteiger partial charge is 0.342 e. The van der Waals surface area contributed by atoms with E-state index in [0.29, 0.717) is 41.6 Å². The number of aryl methyl sites for hydroxylation is 1. The van der Waals surface area contributed by atoms with E-state index in [9.17, 15) is 9.90 Å². The quantitative estimate of drug-likeness (QED) is 0.820. The summed E-state index contributed by atoms with van der Waals surface area (Å²) in [7, 11) is 0. The van der Waals surface area contributed by atoms with Crippen LogP contribution in [0, 0.1) is 5.92 Å². The molecule has 0 amide bonds. The number of aliphatic hydroxyl groups is 1. The predicted molar refractivity (Wildman–Crippen MR) is 91.8 cm³/mol. The van der Waals surface area contributed by atoms with Crippen LogP contribution in [0.2, 0.25) is 0 Å². The van der Waals surface area contributed by atoms with Crippen LogP contribution in [-0.4, -0.2) is 17.7 Å². The van der Waals surface area contributed by atoms with Crippen LogP contribution < -0.4 is 0 Å². The van der Waals surface area contributed by atoms with Gasteiger partial charge in [-0.15, -0.1) is 0 Å². The van der Waals surface area contributed by atoms with Crippen LogP contribution in [0.1, 0.15) is 60.9 Å². The van der Waals surface area contributed by atoms with Crippen molar-refractivity contribution in [2.24, 2.45) is 5.92 Å². The minimum atomic E-state index is -0.664. The molecule has 1 aliphatic rings. The summed E-state index contributed by atoms with van der Waals surface area (Å²) in [5.41, 5.74) is 1.84. The largest absolute Gasteiger partial charge is 0.462 e. The monoisotopic (exact) mass is 328 g/mol. The second-order valence-electron chi connectivity index (χ2n) is 6.74. The van der Waals surface area contributed by atoms with Crippen LogP contribution in [-0.2, 0) is 11.2 Å². The van der Waals surface area contributed by atoms with Crippen molar-refractivity contribution in [3.05, 3.63) is 47.2 Å². The van der Waals surface area contributed by atoms with E-state index in [0.717, 1.165) is 24.8 Å². The summed E-state index contributed by atoms with van der Waals surface area (Å²) in [6.07, 6.45) is 2.40. The molecule has 1 unspecified atom stereocenters. The van der Waals surface area contributed by atoms with Crippen LogP contribution in [0.15, 0.2) is 34.7 Å². The molecule has 0 saturated carbocycles. The highest BCUT2D eigenvalue weighted by Crippen LogP contribution is 2.40. The lowest BCUT2D eigenvalue weighted by atomic mass is 9.91. The van der Waals surface area contributed by atoms with Crippen molar-refractivity contribution in [2.75, 3.05) is 6.61 Å². The first kappa shape index (κ1) is 16.8. The topological polar surface area (TPSA) is 59.7 Å². The molecule has 3 rings (SSSR count). The van der Waals surface area contributed by atoms with Crippen LogP contribution in [0.3, 0.4) is 0 Å². The summed E-state index contributed by atoms with van der Waals surface area (Å²) in [4.78, 5) is 12.7. The number of furan rings is 1. The van der Waals surface area contributed by atoms with Crippen LogP contribution in [0.4, 0.5) is 0 Å². The summed E-state index contributed by atoms with van der Waals surface area (Å²) >= 11 is 0. The summed E-state index contributed by atoms with van der Waals surface area (Å²) in [5, 5.41) is 10.4. The Morgan fingerprint density at radius 1 is 1.33 bits per heavy atom. The third-order valence-corrected chi connectivity index (χ3v) is 4.41. The van der Waals surface area contributed by atoms with Gasteiger partial charge in [0.25, 0.3) is 0 Å². The molecule has 1 atom stereocenters. The first-order valence-corrected chi connectivity index (χ1v) is 8.64. The Morgan fingerprint density at radius 3 is 2.79 bits per heavy atom. The molecule has 0 radical (unpaired) electrons. The second-order valence-corrected chi connectivity index (χ2v) is 6.74. The van der Waals surface area contributed by atoms with Crippen molar-refractivity contribution >= 4 is 5.97 Å². The number of hydrogen-bond acceptors (Lipinski definition) is 4. The van der Waals surface area contributed by atoms with E-state index in [1.807, 2.05) is 30.3 Å². The zero-order valence-corrected chi connectivity index (χ0v) is 14.2. The van der Waals surface area contributed by atoms with Gasteiger partial charge < -0.3 is 14.3 Å². The highest BCUT2D eigenvalue weighted by Gasteiger charge is 2.33. The van der Waals surface area contributed by atoms with Crippen LogP contribution in [0.25, 0.3) is 11.3 Å². The highest BCUT2D eigenvalue weighted by molar-refractivity contribution is 5.98. The number of carbonyl (C=O) groups excluding carboxylic acids is 1. The number of benzene rings is 1. The maximum absolute atomic E-state index is 12.7. The van der Waals surface area contributed by atoms with E-state index in [1.165, 1.54) is 0 Å². The number of fused-ring (bicyclic) bond motifs is 1. The first-order chi connectivity index (χ1) is 11.6. The molecule has 24 heavy (non-hydrogen) atoms. The van der Waals surface area contributed by atoms with Gasteiger partial charge in [-0.2, -0.15) is 0 Å². The minimum absolute atomic E-state index is 0.376. The van der Waals surface area contributed by atoms with Crippen molar-refractivity contribution in [3.8, 4) is 11.3 Å². The maximum atomic E-state index is 12.7. The summed E-state index contributed by atoms with van der Waals surface area (Å²) in [6, 6.07) is 9.53. The normalized spacial score (nSPS) is 16.9. The van der Waals surface area contributed by atoms with Gasteiger partial charge in [-0.05, 0) is 25.2 Å². The van der Waals surface area contributed by atoms with Gasteiger partial charge in [0.05, 0.1) is 12.7 Å². The Hall–Kier alpha value is -2.07. The van der Waals surface area contributed by atoms with Gasteiger partial charge in [-0.25, -0.2) is 4.79 Å². The van der Waals surface area contributed by atoms with E-state index in [2.05, 4.69) is 13.8 Å². The van der Waals surface area contributed by atoms with Crippen molar-refractivity contribution in [2.45, 2.75) is 45.6 Å². The SMILES string of the molecule is CC(C)CCOC(=O)c1c(-c2ccccc2)oc2c1C(O)CCC2. The van der Waals surface area contributed by atoms with Crippen molar-refractivity contribution in [3.63, 3.8) is 0 Å². The van der Waals surface area contributed by atoms with Gasteiger partial charge in [0.1, 0.15) is 17.1 Å². The molecule has 0 fully saturated rings. The summed E-state index contributed by atoms with van der Waals surface area (Å²) < 4.78 is 11.4. The van der Waals surface area contributed by atoms with Gasteiger partial charge >= 0.3 is 5.97 Å². The van der Waals surface area contributed by atoms with E-state index >= 15 is 0 Å². The Morgan fingerprint density at radius 2 is 2.08 bits per heavy atom. The molecule has 128 valence electrons. The Labute approximate surface area is 142 Å². The van der Waals surface area contributed by atoms with Gasteiger partial charge in [0.2, 0.25) is 0 Å². The standard InChI is InChI=1S/C20H24O4/c1-13(2)11-12-23-20(22)18-17-15(21)9-6-10-16(17)24-19(18)14-7-4-3-5-8-14/h3-5,7-8,13,15,21H,6,9-12H2,1-2H3. The molecule has 2 aromatic rings. The van der Waals surface area contributed by atoms with Crippen LogP contribution in [0.5, 0.6) is 0 Å². The lowest BCUT2D eigenvalue weighted by Crippen LogP contribution is -2.15. The Bertz CT molecular complexity index is 700. The Balaban J connectivity index is 1.98. The maximum Gasteiger partial charge on any atom is 0.342 e. The lowest BCUT2D eigenvalue weighted by Gasteiger charge is -2.17. The zero-order chi connectivity index (χ0) is 17.1. The highest BCUT2D eigenvalue weighted by atomic mass is 16.5. The second kappa shape index (κ2) is 7.22. The van der Waals surface area contributed by atoms with Crippen LogP contribution >= 0.6 is 0 Å². The van der Waals surface area contributed by atoms with Crippen molar-refractivity contribution in [1.29, 1.82) is 0 Å². The molecular formula is C20H24O4. The molecule has 0 aliphatic heterocycles. The molecule has 4 nitrogen and oxygen atoms in total. The number of esters is 1. The minimum Gasteiger partial charge on any atom is -0.462 e. The number of rotatable bonds is 5. The zero-order valence-electron chi connectivity index (χ0n) is 14.2. The predicted octanol–water partition coefficient (Wildman–Crippen LogP) is 4.52. The Kier molecular flexibility index (Phi) is 5.05. The van der Waals surface area contributed by atoms with Gasteiger partial charge in [-0.3, -0.25) is 0 Å². The van der Waals surface area contributed by atoms with Crippen molar-refractivity contribution < 1.29 is 19.1 Å². The average Bonchev–Trinajstić information content (AvgIpc) is 2.96.